The van der Waals surface area contributed by atoms with Gasteiger partial charge in [0, 0.05) is 32.7 Å². The summed E-state index contributed by atoms with van der Waals surface area (Å²) in [5.74, 6) is -0.116. The molecule has 4 N–H and O–H groups in total. The predicted molar refractivity (Wildman–Crippen MR) is 81.8 cm³/mol. The summed E-state index contributed by atoms with van der Waals surface area (Å²) in [6.45, 7) is 3.53. The van der Waals surface area contributed by atoms with Crippen molar-refractivity contribution in [3.8, 4) is 0 Å². The van der Waals surface area contributed by atoms with E-state index in [4.69, 9.17) is 5.73 Å². The van der Waals surface area contributed by atoms with Crippen LogP contribution in [0.5, 0.6) is 0 Å². The molecule has 1 aromatic carbocycles. The van der Waals surface area contributed by atoms with Crippen LogP contribution in [0.4, 0.5) is 4.79 Å². The molecule has 0 radical (unpaired) electrons. The Morgan fingerprint density at radius 1 is 1.14 bits per heavy atom. The SMILES string of the molecule is NC(=O)NCC(=O)N1CCN(Cc2ccccc2CO)CC1. The van der Waals surface area contributed by atoms with Crippen LogP contribution in [-0.4, -0.2) is 59.6 Å². The number of nitrogens with two attached hydrogens (primary N) is 1. The molecule has 0 bridgehead atoms. The number of aliphatic hydroxyl groups excluding tert-OH is 1. The van der Waals surface area contributed by atoms with E-state index in [9.17, 15) is 14.7 Å². The van der Waals surface area contributed by atoms with E-state index in [-0.39, 0.29) is 19.1 Å². The highest BCUT2D eigenvalue weighted by atomic mass is 16.3. The molecule has 3 amide bonds. The molecule has 7 nitrogen and oxygen atoms in total. The molecule has 1 saturated heterocycles. The minimum Gasteiger partial charge on any atom is -0.392 e. The van der Waals surface area contributed by atoms with Crippen molar-refractivity contribution in [3.05, 3.63) is 35.4 Å². The molecule has 1 heterocycles. The van der Waals surface area contributed by atoms with Crippen LogP contribution in [0.3, 0.4) is 0 Å². The Balaban J connectivity index is 1.82. The zero-order valence-electron chi connectivity index (χ0n) is 12.5. The van der Waals surface area contributed by atoms with Crippen LogP contribution in [0.15, 0.2) is 24.3 Å². The van der Waals surface area contributed by atoms with E-state index >= 15 is 0 Å². The molecule has 120 valence electrons. The van der Waals surface area contributed by atoms with E-state index in [2.05, 4.69) is 10.2 Å². The van der Waals surface area contributed by atoms with Crippen LogP contribution >= 0.6 is 0 Å². The molecular formula is C15H22N4O3. The summed E-state index contributed by atoms with van der Waals surface area (Å²) in [6, 6.07) is 7.12. The lowest BCUT2D eigenvalue weighted by Crippen LogP contribution is -2.51. The summed E-state index contributed by atoms with van der Waals surface area (Å²) in [7, 11) is 0. The van der Waals surface area contributed by atoms with E-state index < -0.39 is 6.03 Å². The van der Waals surface area contributed by atoms with Crippen molar-refractivity contribution in [2.75, 3.05) is 32.7 Å². The van der Waals surface area contributed by atoms with Gasteiger partial charge < -0.3 is 21.1 Å². The van der Waals surface area contributed by atoms with Gasteiger partial charge in [-0.05, 0) is 11.1 Å². The molecule has 22 heavy (non-hydrogen) atoms. The Morgan fingerprint density at radius 3 is 2.36 bits per heavy atom. The van der Waals surface area contributed by atoms with Crippen molar-refractivity contribution in [3.63, 3.8) is 0 Å². The number of amides is 3. The molecular weight excluding hydrogens is 284 g/mol. The average Bonchev–Trinajstić information content (AvgIpc) is 2.54. The maximum Gasteiger partial charge on any atom is 0.312 e. The molecule has 0 aromatic heterocycles. The van der Waals surface area contributed by atoms with Crippen molar-refractivity contribution in [1.29, 1.82) is 0 Å². The Kier molecular flexibility index (Phi) is 5.74. The summed E-state index contributed by atoms with van der Waals surface area (Å²) in [6.07, 6.45) is 0. The summed E-state index contributed by atoms with van der Waals surface area (Å²) < 4.78 is 0. The molecule has 1 aliphatic heterocycles. The number of primary amides is 1. The third-order valence-corrected chi connectivity index (χ3v) is 3.82. The standard InChI is InChI=1S/C15H22N4O3/c16-15(22)17-9-14(21)19-7-5-18(6-8-19)10-12-3-1-2-4-13(12)11-20/h1-4,20H,5-11H2,(H3,16,17,22). The molecule has 0 aliphatic carbocycles. The second-order valence-electron chi connectivity index (χ2n) is 5.30. The quantitative estimate of drug-likeness (QED) is 0.682. The molecule has 1 fully saturated rings. The van der Waals surface area contributed by atoms with Crippen LogP contribution in [-0.2, 0) is 17.9 Å². The van der Waals surface area contributed by atoms with E-state index in [0.29, 0.717) is 13.1 Å². The zero-order chi connectivity index (χ0) is 15.9. The summed E-state index contributed by atoms with van der Waals surface area (Å²) >= 11 is 0. The Labute approximate surface area is 129 Å². The first-order valence-corrected chi connectivity index (χ1v) is 7.31. The zero-order valence-corrected chi connectivity index (χ0v) is 12.5. The number of aliphatic hydroxyl groups is 1. The number of urea groups is 1. The van der Waals surface area contributed by atoms with Crippen LogP contribution in [0.1, 0.15) is 11.1 Å². The number of benzene rings is 1. The normalized spacial score (nSPS) is 15.6. The molecule has 1 aliphatic rings. The largest absolute Gasteiger partial charge is 0.392 e. The minimum atomic E-state index is -0.687. The maximum atomic E-state index is 11.9. The molecule has 0 spiro atoms. The van der Waals surface area contributed by atoms with Gasteiger partial charge in [-0.2, -0.15) is 0 Å². The van der Waals surface area contributed by atoms with Crippen molar-refractivity contribution in [2.45, 2.75) is 13.2 Å². The fourth-order valence-electron chi connectivity index (χ4n) is 2.54. The van der Waals surface area contributed by atoms with E-state index in [1.807, 2.05) is 24.3 Å². The van der Waals surface area contributed by atoms with Gasteiger partial charge in [0.2, 0.25) is 5.91 Å². The lowest BCUT2D eigenvalue weighted by atomic mass is 10.1. The van der Waals surface area contributed by atoms with Crippen LogP contribution in [0.2, 0.25) is 0 Å². The monoisotopic (exact) mass is 306 g/mol. The molecule has 7 heteroatoms. The lowest BCUT2D eigenvalue weighted by molar-refractivity contribution is -0.131. The van der Waals surface area contributed by atoms with E-state index in [0.717, 1.165) is 30.8 Å². The molecule has 1 aromatic rings. The number of carbonyl (C=O) groups is 2. The van der Waals surface area contributed by atoms with Crippen molar-refractivity contribution >= 4 is 11.9 Å². The van der Waals surface area contributed by atoms with Crippen LogP contribution in [0, 0.1) is 0 Å². The summed E-state index contributed by atoms with van der Waals surface area (Å²) in [5.41, 5.74) is 7.00. The number of nitrogens with zero attached hydrogens (tertiary/aromatic N) is 2. The van der Waals surface area contributed by atoms with Gasteiger partial charge in [0.15, 0.2) is 0 Å². The summed E-state index contributed by atoms with van der Waals surface area (Å²) in [4.78, 5) is 26.5. The van der Waals surface area contributed by atoms with Crippen molar-refractivity contribution in [1.82, 2.24) is 15.1 Å². The van der Waals surface area contributed by atoms with Crippen molar-refractivity contribution < 1.29 is 14.7 Å². The van der Waals surface area contributed by atoms with Crippen molar-refractivity contribution in [2.24, 2.45) is 5.73 Å². The first-order chi connectivity index (χ1) is 10.6. The predicted octanol–water partition coefficient (Wildman–Crippen LogP) is -0.509. The topological polar surface area (TPSA) is 98.9 Å². The molecule has 0 atom stereocenters. The van der Waals surface area contributed by atoms with E-state index in [1.165, 1.54) is 0 Å². The fourth-order valence-corrected chi connectivity index (χ4v) is 2.54. The van der Waals surface area contributed by atoms with Gasteiger partial charge in [0.05, 0.1) is 13.2 Å². The number of carbonyl (C=O) groups excluding carboxylic acids is 2. The smallest absolute Gasteiger partial charge is 0.312 e. The highest BCUT2D eigenvalue weighted by Crippen LogP contribution is 2.13. The number of hydrogen-bond donors (Lipinski definition) is 3. The van der Waals surface area contributed by atoms with Gasteiger partial charge in [-0.15, -0.1) is 0 Å². The highest BCUT2D eigenvalue weighted by Gasteiger charge is 2.21. The summed E-state index contributed by atoms with van der Waals surface area (Å²) in [5, 5.41) is 11.7. The number of piperazine rings is 1. The molecule has 2 rings (SSSR count). The maximum absolute atomic E-state index is 11.9. The Morgan fingerprint density at radius 2 is 1.77 bits per heavy atom. The lowest BCUT2D eigenvalue weighted by Gasteiger charge is -2.35. The third kappa shape index (κ3) is 4.44. The van der Waals surface area contributed by atoms with E-state index in [1.54, 1.807) is 4.90 Å². The van der Waals surface area contributed by atoms with Gasteiger partial charge >= 0.3 is 6.03 Å². The van der Waals surface area contributed by atoms with Crippen LogP contribution < -0.4 is 11.1 Å². The Bertz CT molecular complexity index is 527. The van der Waals surface area contributed by atoms with Gasteiger partial charge in [-0.25, -0.2) is 4.79 Å². The molecule has 0 saturated carbocycles. The van der Waals surface area contributed by atoms with Gasteiger partial charge in [0.1, 0.15) is 0 Å². The number of nitrogens with one attached hydrogen (secondary N) is 1. The first kappa shape index (κ1) is 16.3. The second kappa shape index (κ2) is 7.77. The molecule has 0 unspecified atom stereocenters. The Hall–Kier alpha value is -2.12. The van der Waals surface area contributed by atoms with Crippen LogP contribution in [0.25, 0.3) is 0 Å². The van der Waals surface area contributed by atoms with Gasteiger partial charge in [-0.3, -0.25) is 9.69 Å². The fraction of sp³-hybridized carbons (Fsp3) is 0.467. The average molecular weight is 306 g/mol. The third-order valence-electron chi connectivity index (χ3n) is 3.82. The minimum absolute atomic E-state index is 0.0351. The highest BCUT2D eigenvalue weighted by molar-refractivity contribution is 5.83. The van der Waals surface area contributed by atoms with Gasteiger partial charge in [-0.1, -0.05) is 24.3 Å². The number of rotatable bonds is 5. The number of hydrogen-bond acceptors (Lipinski definition) is 4. The van der Waals surface area contributed by atoms with Gasteiger partial charge in [0.25, 0.3) is 0 Å². The first-order valence-electron chi connectivity index (χ1n) is 7.31. The second-order valence-corrected chi connectivity index (χ2v) is 5.30.